The zero-order chi connectivity index (χ0) is 11.9. The quantitative estimate of drug-likeness (QED) is 0.758. The Kier molecular flexibility index (Phi) is 3.15. The molecule has 2 heterocycles. The molecule has 0 amide bonds. The zero-order valence-corrected chi connectivity index (χ0v) is 10.9. The molecule has 3 rings (SSSR count). The molecule has 3 aliphatic rings. The van der Waals surface area contributed by atoms with Crippen LogP contribution in [-0.4, -0.2) is 43.9 Å². The normalized spacial score (nSPS) is 35.5. The summed E-state index contributed by atoms with van der Waals surface area (Å²) in [5.41, 5.74) is 0. The van der Waals surface area contributed by atoms with Crippen molar-refractivity contribution in [3.63, 3.8) is 0 Å². The Bertz CT molecular complexity index is 374. The number of nitrogens with zero attached hydrogens (tertiary/aromatic N) is 1. The Morgan fingerprint density at radius 2 is 1.94 bits per heavy atom. The number of nitrogens with one attached hydrogen (secondary N) is 2. The van der Waals surface area contributed by atoms with E-state index < -0.39 is 10.2 Å². The van der Waals surface area contributed by atoms with E-state index in [-0.39, 0.29) is 12.1 Å². The third-order valence-corrected chi connectivity index (χ3v) is 5.71. The standard InChI is InChI=1S/C11H21N3O2S/c15-17(16,13-9-5-6-9)14-8-2-4-11(14)10-3-1-7-12-10/h9-13H,1-8H2. The first-order chi connectivity index (χ1) is 8.17. The molecular weight excluding hydrogens is 238 g/mol. The Balaban J connectivity index is 1.71. The van der Waals surface area contributed by atoms with Crippen molar-refractivity contribution >= 4 is 10.2 Å². The van der Waals surface area contributed by atoms with Crippen molar-refractivity contribution in [1.82, 2.24) is 14.3 Å². The molecule has 6 heteroatoms. The minimum absolute atomic E-state index is 0.175. The van der Waals surface area contributed by atoms with Gasteiger partial charge in [0.1, 0.15) is 0 Å². The molecule has 2 N–H and O–H groups in total. The summed E-state index contributed by atoms with van der Waals surface area (Å²) in [5, 5.41) is 3.44. The lowest BCUT2D eigenvalue weighted by Gasteiger charge is -2.28. The molecule has 0 aromatic carbocycles. The van der Waals surface area contributed by atoms with Crippen LogP contribution >= 0.6 is 0 Å². The SMILES string of the molecule is O=S(=O)(NC1CC1)N1CCCC1C1CCCN1. The maximum atomic E-state index is 12.2. The van der Waals surface area contributed by atoms with Crippen LogP contribution in [0.4, 0.5) is 0 Å². The van der Waals surface area contributed by atoms with E-state index in [0.717, 1.165) is 38.6 Å². The molecule has 17 heavy (non-hydrogen) atoms. The highest BCUT2D eigenvalue weighted by molar-refractivity contribution is 7.87. The second-order valence-electron chi connectivity index (χ2n) is 5.42. The minimum Gasteiger partial charge on any atom is -0.312 e. The molecule has 98 valence electrons. The lowest BCUT2D eigenvalue weighted by Crippen LogP contribution is -2.50. The third kappa shape index (κ3) is 2.50. The first kappa shape index (κ1) is 11.9. The van der Waals surface area contributed by atoms with Crippen LogP contribution in [0.5, 0.6) is 0 Å². The summed E-state index contributed by atoms with van der Waals surface area (Å²) in [6.45, 7) is 1.72. The average Bonchev–Trinajstić information content (AvgIpc) is 2.85. The van der Waals surface area contributed by atoms with Gasteiger partial charge in [-0.15, -0.1) is 0 Å². The first-order valence-electron chi connectivity index (χ1n) is 6.69. The highest BCUT2D eigenvalue weighted by Gasteiger charge is 2.41. The van der Waals surface area contributed by atoms with Crippen LogP contribution in [-0.2, 0) is 10.2 Å². The minimum atomic E-state index is -3.24. The van der Waals surface area contributed by atoms with Gasteiger partial charge in [0.25, 0.3) is 10.2 Å². The van der Waals surface area contributed by atoms with Crippen LogP contribution < -0.4 is 10.0 Å². The van der Waals surface area contributed by atoms with Crippen LogP contribution in [0, 0.1) is 0 Å². The van der Waals surface area contributed by atoms with E-state index in [1.807, 2.05) is 0 Å². The molecule has 3 fully saturated rings. The molecule has 2 atom stereocenters. The van der Waals surface area contributed by atoms with Gasteiger partial charge in [0.05, 0.1) is 0 Å². The highest BCUT2D eigenvalue weighted by Crippen LogP contribution is 2.28. The van der Waals surface area contributed by atoms with E-state index in [1.54, 1.807) is 4.31 Å². The van der Waals surface area contributed by atoms with Crippen LogP contribution in [0.15, 0.2) is 0 Å². The van der Waals surface area contributed by atoms with Crippen molar-refractivity contribution in [2.24, 2.45) is 0 Å². The van der Waals surface area contributed by atoms with Gasteiger partial charge >= 0.3 is 0 Å². The monoisotopic (exact) mass is 259 g/mol. The fourth-order valence-corrected chi connectivity index (χ4v) is 4.76. The maximum absolute atomic E-state index is 12.2. The van der Waals surface area contributed by atoms with Gasteiger partial charge in [0, 0.05) is 24.7 Å². The highest BCUT2D eigenvalue weighted by atomic mass is 32.2. The van der Waals surface area contributed by atoms with Crippen molar-refractivity contribution in [1.29, 1.82) is 0 Å². The van der Waals surface area contributed by atoms with Gasteiger partial charge in [-0.2, -0.15) is 17.4 Å². The summed E-state index contributed by atoms with van der Waals surface area (Å²) in [6.07, 6.45) is 6.28. The van der Waals surface area contributed by atoms with Crippen LogP contribution in [0.1, 0.15) is 38.5 Å². The second-order valence-corrected chi connectivity index (χ2v) is 7.08. The van der Waals surface area contributed by atoms with Crippen molar-refractivity contribution in [2.75, 3.05) is 13.1 Å². The molecule has 2 unspecified atom stereocenters. The molecule has 1 saturated carbocycles. The van der Waals surface area contributed by atoms with E-state index in [2.05, 4.69) is 10.0 Å². The third-order valence-electron chi connectivity index (χ3n) is 4.01. The summed E-state index contributed by atoms with van der Waals surface area (Å²) < 4.78 is 29.0. The van der Waals surface area contributed by atoms with Crippen LogP contribution in [0.2, 0.25) is 0 Å². The summed E-state index contributed by atoms with van der Waals surface area (Å²) in [7, 11) is -3.24. The maximum Gasteiger partial charge on any atom is 0.280 e. The Morgan fingerprint density at radius 3 is 2.59 bits per heavy atom. The molecule has 2 aliphatic heterocycles. The van der Waals surface area contributed by atoms with E-state index in [1.165, 1.54) is 6.42 Å². The van der Waals surface area contributed by atoms with E-state index in [4.69, 9.17) is 0 Å². The van der Waals surface area contributed by atoms with Crippen molar-refractivity contribution in [3.05, 3.63) is 0 Å². The molecular formula is C11H21N3O2S. The predicted octanol–water partition coefficient (Wildman–Crippen LogP) is 0.200. The first-order valence-corrected chi connectivity index (χ1v) is 8.13. The van der Waals surface area contributed by atoms with Gasteiger partial charge in [-0.25, -0.2) is 0 Å². The van der Waals surface area contributed by atoms with E-state index in [0.29, 0.717) is 12.6 Å². The second kappa shape index (κ2) is 4.50. The van der Waals surface area contributed by atoms with Gasteiger partial charge < -0.3 is 5.32 Å². The van der Waals surface area contributed by atoms with E-state index in [9.17, 15) is 8.42 Å². The molecule has 1 aliphatic carbocycles. The summed E-state index contributed by atoms with van der Waals surface area (Å²) in [6, 6.07) is 0.750. The lowest BCUT2D eigenvalue weighted by molar-refractivity contribution is 0.318. The van der Waals surface area contributed by atoms with Gasteiger partial charge in [-0.05, 0) is 45.1 Å². The number of hydrogen-bond donors (Lipinski definition) is 2. The molecule has 0 bridgehead atoms. The number of rotatable bonds is 4. The van der Waals surface area contributed by atoms with Gasteiger partial charge in [0.2, 0.25) is 0 Å². The fraction of sp³-hybridized carbons (Fsp3) is 1.00. The Morgan fingerprint density at radius 1 is 1.12 bits per heavy atom. The Hall–Kier alpha value is -0.170. The van der Waals surface area contributed by atoms with Crippen molar-refractivity contribution in [2.45, 2.75) is 56.7 Å². The molecule has 0 spiro atoms. The average molecular weight is 259 g/mol. The lowest BCUT2D eigenvalue weighted by atomic mass is 10.1. The van der Waals surface area contributed by atoms with Gasteiger partial charge in [-0.1, -0.05) is 0 Å². The fourth-order valence-electron chi connectivity index (χ4n) is 2.99. The van der Waals surface area contributed by atoms with Crippen molar-refractivity contribution in [3.8, 4) is 0 Å². The van der Waals surface area contributed by atoms with Gasteiger partial charge in [-0.3, -0.25) is 0 Å². The number of hydrogen-bond acceptors (Lipinski definition) is 3. The topological polar surface area (TPSA) is 61.4 Å². The summed E-state index contributed by atoms with van der Waals surface area (Å²) in [4.78, 5) is 0. The smallest absolute Gasteiger partial charge is 0.280 e. The van der Waals surface area contributed by atoms with Gasteiger partial charge in [0.15, 0.2) is 0 Å². The molecule has 0 aromatic heterocycles. The molecule has 0 aromatic rings. The van der Waals surface area contributed by atoms with Crippen molar-refractivity contribution < 1.29 is 8.42 Å². The molecule has 0 radical (unpaired) electrons. The van der Waals surface area contributed by atoms with Crippen LogP contribution in [0.25, 0.3) is 0 Å². The Labute approximate surface area is 103 Å². The molecule has 2 saturated heterocycles. The largest absolute Gasteiger partial charge is 0.312 e. The van der Waals surface area contributed by atoms with E-state index >= 15 is 0 Å². The summed E-state index contributed by atoms with van der Waals surface area (Å²) >= 11 is 0. The summed E-state index contributed by atoms with van der Waals surface area (Å²) in [5.74, 6) is 0. The van der Waals surface area contributed by atoms with Crippen LogP contribution in [0.3, 0.4) is 0 Å². The zero-order valence-electron chi connectivity index (χ0n) is 10.1. The predicted molar refractivity (Wildman–Crippen MR) is 65.8 cm³/mol. The molecule has 5 nitrogen and oxygen atoms in total.